The summed E-state index contributed by atoms with van der Waals surface area (Å²) in [6.45, 7) is 6.91. The van der Waals surface area contributed by atoms with Gasteiger partial charge in [0.15, 0.2) is 0 Å². The molecule has 0 unspecified atom stereocenters. The Morgan fingerprint density at radius 3 is 2.50 bits per heavy atom. The van der Waals surface area contributed by atoms with Crippen LogP contribution in [0.1, 0.15) is 24.8 Å². The summed E-state index contributed by atoms with van der Waals surface area (Å²) in [7, 11) is 0. The molecule has 6 heteroatoms. The number of hydrogen-bond donors (Lipinski definition) is 3. The number of quaternary nitrogens is 1. The zero-order valence-electron chi connectivity index (χ0n) is 17.8. The standard InChI is InChI=1S/C24H32N4O2/c1-19-8-7-9-21(16-19)30-18-20(29)17-28-23-11-4-3-10-22(23)27(24(28)25)15-14-26-12-5-2-6-13-26/h3-4,7-11,16,20,25,29H,2,5-6,12-15,17-18H2,1H3/p+1/t20-/m1/s1. The quantitative estimate of drug-likeness (QED) is 0.531. The van der Waals surface area contributed by atoms with Gasteiger partial charge in [0.2, 0.25) is 5.62 Å². The molecule has 1 aliphatic rings. The summed E-state index contributed by atoms with van der Waals surface area (Å²) >= 11 is 0. The topological polar surface area (TPSA) is 67.6 Å². The number of aryl methyl sites for hydroxylation is 1. The van der Waals surface area contributed by atoms with E-state index in [9.17, 15) is 5.11 Å². The molecule has 6 nitrogen and oxygen atoms in total. The highest BCUT2D eigenvalue weighted by atomic mass is 16.5. The van der Waals surface area contributed by atoms with Crippen molar-refractivity contribution in [3.63, 3.8) is 0 Å². The lowest BCUT2D eigenvalue weighted by molar-refractivity contribution is -0.905. The van der Waals surface area contributed by atoms with Crippen LogP contribution in [0.4, 0.5) is 0 Å². The Kier molecular flexibility index (Phi) is 6.55. The first-order chi connectivity index (χ1) is 14.6. The number of aromatic nitrogens is 2. The zero-order chi connectivity index (χ0) is 20.9. The van der Waals surface area contributed by atoms with Gasteiger partial charge in [-0.1, -0.05) is 24.3 Å². The van der Waals surface area contributed by atoms with Crippen molar-refractivity contribution in [1.82, 2.24) is 9.13 Å². The van der Waals surface area contributed by atoms with E-state index in [2.05, 4.69) is 10.6 Å². The van der Waals surface area contributed by atoms with E-state index < -0.39 is 6.10 Å². The second-order valence-electron chi connectivity index (χ2n) is 8.42. The number of nitrogens with zero attached hydrogens (tertiary/aromatic N) is 2. The van der Waals surface area contributed by atoms with Crippen molar-refractivity contribution in [2.45, 2.75) is 45.4 Å². The summed E-state index contributed by atoms with van der Waals surface area (Å²) in [5.74, 6) is 0.761. The highest BCUT2D eigenvalue weighted by molar-refractivity contribution is 5.75. The Morgan fingerprint density at radius 2 is 1.77 bits per heavy atom. The van der Waals surface area contributed by atoms with E-state index in [1.54, 1.807) is 4.90 Å². The number of aliphatic hydroxyl groups is 1. The lowest BCUT2D eigenvalue weighted by atomic mass is 10.1. The van der Waals surface area contributed by atoms with Gasteiger partial charge in [-0.3, -0.25) is 5.41 Å². The maximum absolute atomic E-state index is 10.6. The zero-order valence-corrected chi connectivity index (χ0v) is 17.8. The first kappa shape index (κ1) is 20.7. The minimum Gasteiger partial charge on any atom is -0.491 e. The molecule has 0 radical (unpaired) electrons. The molecule has 3 N–H and O–H groups in total. The fourth-order valence-electron chi connectivity index (χ4n) is 4.44. The summed E-state index contributed by atoms with van der Waals surface area (Å²) in [6.07, 6.45) is 3.28. The van der Waals surface area contributed by atoms with Crippen LogP contribution in [0.15, 0.2) is 48.5 Å². The van der Waals surface area contributed by atoms with Crippen molar-refractivity contribution >= 4 is 11.0 Å². The van der Waals surface area contributed by atoms with E-state index in [1.807, 2.05) is 54.0 Å². The molecule has 0 amide bonds. The number of aliphatic hydroxyl groups excluding tert-OH is 1. The van der Waals surface area contributed by atoms with Gasteiger partial charge in [0, 0.05) is 0 Å². The molecule has 30 heavy (non-hydrogen) atoms. The molecule has 0 bridgehead atoms. The number of nitrogens with one attached hydrogen (secondary N) is 2. The fourth-order valence-corrected chi connectivity index (χ4v) is 4.44. The molecular weight excluding hydrogens is 376 g/mol. The minimum atomic E-state index is -0.688. The van der Waals surface area contributed by atoms with Gasteiger partial charge in [-0.25, -0.2) is 0 Å². The van der Waals surface area contributed by atoms with E-state index in [0.29, 0.717) is 12.2 Å². The van der Waals surface area contributed by atoms with Crippen LogP contribution in [0.3, 0.4) is 0 Å². The van der Waals surface area contributed by atoms with Crippen LogP contribution in [0.2, 0.25) is 0 Å². The SMILES string of the molecule is Cc1cccc(OC[C@H](O)Cn2c(=N)n(CC[NH+]3CCCCC3)c3ccccc32)c1. The molecule has 2 aromatic carbocycles. The first-order valence-electron chi connectivity index (χ1n) is 11.1. The lowest BCUT2D eigenvalue weighted by Gasteiger charge is -2.23. The van der Waals surface area contributed by atoms with E-state index >= 15 is 0 Å². The summed E-state index contributed by atoms with van der Waals surface area (Å²) in [5, 5.41) is 19.4. The van der Waals surface area contributed by atoms with Crippen LogP contribution < -0.4 is 15.3 Å². The van der Waals surface area contributed by atoms with Crippen molar-refractivity contribution in [3.05, 3.63) is 59.7 Å². The van der Waals surface area contributed by atoms with Gasteiger partial charge in [0.25, 0.3) is 0 Å². The van der Waals surface area contributed by atoms with Crippen LogP contribution in [-0.2, 0) is 13.1 Å². The van der Waals surface area contributed by atoms with Crippen LogP contribution in [0.25, 0.3) is 11.0 Å². The van der Waals surface area contributed by atoms with Gasteiger partial charge in [-0.15, -0.1) is 0 Å². The molecule has 1 aliphatic heterocycles. The molecule has 4 rings (SSSR count). The largest absolute Gasteiger partial charge is 0.491 e. The lowest BCUT2D eigenvalue weighted by Crippen LogP contribution is -3.13. The summed E-state index contributed by atoms with van der Waals surface area (Å²) in [6, 6.07) is 16.0. The average Bonchev–Trinajstić information content (AvgIpc) is 3.03. The number of imidazole rings is 1. The van der Waals surface area contributed by atoms with Gasteiger partial charge < -0.3 is 23.9 Å². The van der Waals surface area contributed by atoms with Crippen molar-refractivity contribution in [3.8, 4) is 5.75 Å². The van der Waals surface area contributed by atoms with E-state index in [1.165, 1.54) is 32.4 Å². The third-order valence-electron chi connectivity index (χ3n) is 6.05. The Hall–Kier alpha value is -2.57. The van der Waals surface area contributed by atoms with Crippen LogP contribution in [0.5, 0.6) is 5.75 Å². The summed E-state index contributed by atoms with van der Waals surface area (Å²) in [4.78, 5) is 1.64. The van der Waals surface area contributed by atoms with E-state index in [4.69, 9.17) is 10.1 Å². The summed E-state index contributed by atoms with van der Waals surface area (Å²) in [5.41, 5.74) is 3.63. The smallest absolute Gasteiger partial charge is 0.203 e. The van der Waals surface area contributed by atoms with Crippen molar-refractivity contribution in [2.24, 2.45) is 0 Å². The van der Waals surface area contributed by atoms with E-state index in [-0.39, 0.29) is 6.61 Å². The van der Waals surface area contributed by atoms with Gasteiger partial charge >= 0.3 is 0 Å². The number of para-hydroxylation sites is 2. The molecule has 0 saturated carbocycles. The molecule has 0 aliphatic carbocycles. The van der Waals surface area contributed by atoms with Crippen LogP contribution in [-0.4, -0.2) is 46.6 Å². The van der Waals surface area contributed by atoms with Crippen LogP contribution in [0, 0.1) is 12.3 Å². The monoisotopic (exact) mass is 409 g/mol. The van der Waals surface area contributed by atoms with Gasteiger partial charge in [-0.05, 0) is 56.0 Å². The fraction of sp³-hybridized carbons (Fsp3) is 0.458. The van der Waals surface area contributed by atoms with Gasteiger partial charge in [0.1, 0.15) is 18.5 Å². The molecule has 1 fully saturated rings. The predicted molar refractivity (Wildman–Crippen MR) is 118 cm³/mol. The predicted octanol–water partition coefficient (Wildman–Crippen LogP) is 1.74. The van der Waals surface area contributed by atoms with Crippen molar-refractivity contribution in [2.75, 3.05) is 26.2 Å². The molecule has 1 saturated heterocycles. The first-order valence-corrected chi connectivity index (χ1v) is 11.1. The van der Waals surface area contributed by atoms with Crippen molar-refractivity contribution in [1.29, 1.82) is 5.41 Å². The van der Waals surface area contributed by atoms with Crippen LogP contribution >= 0.6 is 0 Å². The highest BCUT2D eigenvalue weighted by Gasteiger charge is 2.17. The maximum Gasteiger partial charge on any atom is 0.203 e. The number of likely N-dealkylation sites (tertiary alicyclic amines) is 1. The number of hydrogen-bond acceptors (Lipinski definition) is 3. The number of benzene rings is 2. The molecule has 1 aromatic heterocycles. The third kappa shape index (κ3) is 4.77. The molecule has 1 atom stereocenters. The molecular formula is C24H33N4O2+. The normalized spacial score (nSPS) is 16.1. The second kappa shape index (κ2) is 9.49. The Balaban J connectivity index is 1.47. The number of piperidine rings is 1. The van der Waals surface area contributed by atoms with Gasteiger partial charge in [-0.2, -0.15) is 0 Å². The second-order valence-corrected chi connectivity index (χ2v) is 8.42. The number of fused-ring (bicyclic) bond motifs is 1. The molecule has 3 aromatic rings. The highest BCUT2D eigenvalue weighted by Crippen LogP contribution is 2.15. The maximum atomic E-state index is 10.6. The molecule has 0 spiro atoms. The van der Waals surface area contributed by atoms with Gasteiger partial charge in [0.05, 0.1) is 43.8 Å². The van der Waals surface area contributed by atoms with Crippen molar-refractivity contribution < 1.29 is 14.7 Å². The Labute approximate surface area is 177 Å². The van der Waals surface area contributed by atoms with E-state index in [0.717, 1.165) is 35.4 Å². The minimum absolute atomic E-state index is 0.202. The third-order valence-corrected chi connectivity index (χ3v) is 6.05. The summed E-state index contributed by atoms with van der Waals surface area (Å²) < 4.78 is 9.77. The Morgan fingerprint density at radius 1 is 1.03 bits per heavy atom. The number of rotatable bonds is 8. The molecule has 2 heterocycles. The Bertz CT molecular complexity index is 1030. The average molecular weight is 410 g/mol. The number of ether oxygens (including phenoxy) is 1. The molecule has 160 valence electrons.